The highest BCUT2D eigenvalue weighted by atomic mass is 16.5. The zero-order valence-corrected chi connectivity index (χ0v) is 14.0. The van der Waals surface area contributed by atoms with Crippen LogP contribution in [-0.2, 0) is 9.53 Å². The summed E-state index contributed by atoms with van der Waals surface area (Å²) >= 11 is 0. The van der Waals surface area contributed by atoms with Crippen molar-refractivity contribution < 1.29 is 19.1 Å². The number of nitrogens with one attached hydrogen (secondary N) is 1. The number of hydrogen-bond acceptors (Lipinski definition) is 4. The number of carbonyl (C=O) groups excluding carboxylic acids is 2. The second kappa shape index (κ2) is 8.15. The van der Waals surface area contributed by atoms with Crippen molar-refractivity contribution in [3.8, 4) is 5.75 Å². The maximum absolute atomic E-state index is 12.0. The van der Waals surface area contributed by atoms with E-state index in [-0.39, 0.29) is 12.5 Å². The Morgan fingerprint density at radius 1 is 1.08 bits per heavy atom. The number of esters is 1. The zero-order chi connectivity index (χ0) is 17.5. The van der Waals surface area contributed by atoms with Crippen molar-refractivity contribution in [3.05, 3.63) is 59.7 Å². The van der Waals surface area contributed by atoms with E-state index < -0.39 is 5.97 Å². The van der Waals surface area contributed by atoms with E-state index in [4.69, 9.17) is 4.74 Å². The van der Waals surface area contributed by atoms with Crippen LogP contribution in [0, 0.1) is 0 Å². The molecule has 2 rings (SSSR count). The third kappa shape index (κ3) is 4.84. The number of amides is 1. The maximum Gasteiger partial charge on any atom is 0.337 e. The number of carbonyl (C=O) groups is 2. The SMILES string of the molecule is COC(=O)c1cccc(OCC(=O)Nc2ccc(C(C)C)cc2)c1. The minimum atomic E-state index is -0.449. The third-order valence-electron chi connectivity index (χ3n) is 3.49. The first-order valence-corrected chi connectivity index (χ1v) is 7.70. The highest BCUT2D eigenvalue weighted by Crippen LogP contribution is 2.17. The van der Waals surface area contributed by atoms with Gasteiger partial charge in [0.05, 0.1) is 12.7 Å². The molecular weight excluding hydrogens is 306 g/mol. The van der Waals surface area contributed by atoms with Gasteiger partial charge < -0.3 is 14.8 Å². The fraction of sp³-hybridized carbons (Fsp3) is 0.263. The molecular formula is C19H21NO4. The molecule has 1 N–H and O–H groups in total. The summed E-state index contributed by atoms with van der Waals surface area (Å²) < 4.78 is 10.1. The van der Waals surface area contributed by atoms with E-state index in [0.29, 0.717) is 17.2 Å². The molecule has 0 bridgehead atoms. The Balaban J connectivity index is 1.90. The van der Waals surface area contributed by atoms with E-state index in [0.717, 1.165) is 5.69 Å². The van der Waals surface area contributed by atoms with Crippen LogP contribution < -0.4 is 10.1 Å². The van der Waals surface area contributed by atoms with E-state index in [1.54, 1.807) is 18.2 Å². The molecule has 0 unspecified atom stereocenters. The molecule has 0 radical (unpaired) electrons. The molecule has 0 aliphatic rings. The Hall–Kier alpha value is -2.82. The first-order valence-electron chi connectivity index (χ1n) is 7.70. The molecule has 5 nitrogen and oxygen atoms in total. The Morgan fingerprint density at radius 2 is 1.79 bits per heavy atom. The van der Waals surface area contributed by atoms with Gasteiger partial charge in [0.1, 0.15) is 5.75 Å². The summed E-state index contributed by atoms with van der Waals surface area (Å²) in [7, 11) is 1.31. The summed E-state index contributed by atoms with van der Waals surface area (Å²) in [5, 5.41) is 2.77. The minimum Gasteiger partial charge on any atom is -0.484 e. The van der Waals surface area contributed by atoms with E-state index in [2.05, 4.69) is 23.9 Å². The summed E-state index contributed by atoms with van der Waals surface area (Å²) in [6.45, 7) is 4.09. The smallest absolute Gasteiger partial charge is 0.337 e. The van der Waals surface area contributed by atoms with Crippen molar-refractivity contribution >= 4 is 17.6 Å². The first kappa shape index (κ1) is 17.5. The van der Waals surface area contributed by atoms with Gasteiger partial charge in [-0.05, 0) is 41.8 Å². The number of anilines is 1. The molecule has 0 fully saturated rings. The van der Waals surface area contributed by atoms with Crippen molar-refractivity contribution in [3.63, 3.8) is 0 Å². The molecule has 0 atom stereocenters. The molecule has 0 aromatic heterocycles. The fourth-order valence-electron chi connectivity index (χ4n) is 2.13. The van der Waals surface area contributed by atoms with Crippen LogP contribution in [0.5, 0.6) is 5.75 Å². The van der Waals surface area contributed by atoms with E-state index in [9.17, 15) is 9.59 Å². The van der Waals surface area contributed by atoms with Gasteiger partial charge in [-0.1, -0.05) is 32.0 Å². The van der Waals surface area contributed by atoms with Gasteiger partial charge in [-0.15, -0.1) is 0 Å². The predicted octanol–water partition coefficient (Wildman–Crippen LogP) is 3.61. The molecule has 0 spiro atoms. The lowest BCUT2D eigenvalue weighted by Gasteiger charge is -2.10. The van der Waals surface area contributed by atoms with Crippen molar-refractivity contribution in [2.24, 2.45) is 0 Å². The van der Waals surface area contributed by atoms with Crippen LogP contribution in [-0.4, -0.2) is 25.6 Å². The van der Waals surface area contributed by atoms with Crippen LogP contribution in [0.1, 0.15) is 35.7 Å². The van der Waals surface area contributed by atoms with Gasteiger partial charge in [-0.2, -0.15) is 0 Å². The Kier molecular flexibility index (Phi) is 5.95. The van der Waals surface area contributed by atoms with Crippen LogP contribution in [0.15, 0.2) is 48.5 Å². The van der Waals surface area contributed by atoms with Crippen molar-refractivity contribution in [1.82, 2.24) is 0 Å². The predicted molar refractivity (Wildman–Crippen MR) is 92.4 cm³/mol. The number of hydrogen-bond donors (Lipinski definition) is 1. The Bertz CT molecular complexity index is 708. The molecule has 126 valence electrons. The molecule has 0 saturated carbocycles. The number of ether oxygens (including phenoxy) is 2. The fourth-order valence-corrected chi connectivity index (χ4v) is 2.13. The molecule has 24 heavy (non-hydrogen) atoms. The van der Waals surface area contributed by atoms with E-state index in [1.165, 1.54) is 18.7 Å². The second-order valence-corrected chi connectivity index (χ2v) is 5.63. The van der Waals surface area contributed by atoms with Crippen LogP contribution in [0.4, 0.5) is 5.69 Å². The van der Waals surface area contributed by atoms with E-state index >= 15 is 0 Å². The van der Waals surface area contributed by atoms with Crippen molar-refractivity contribution in [1.29, 1.82) is 0 Å². The number of benzene rings is 2. The quantitative estimate of drug-likeness (QED) is 0.823. The van der Waals surface area contributed by atoms with Gasteiger partial charge in [0, 0.05) is 5.69 Å². The molecule has 1 amide bonds. The molecule has 0 saturated heterocycles. The van der Waals surface area contributed by atoms with Crippen molar-refractivity contribution in [2.45, 2.75) is 19.8 Å². The summed E-state index contributed by atoms with van der Waals surface area (Å²) in [5.74, 6) is 0.161. The van der Waals surface area contributed by atoms with Crippen LogP contribution >= 0.6 is 0 Å². The standard InChI is InChI=1S/C19H21NO4/c1-13(2)14-7-9-16(10-8-14)20-18(21)12-24-17-6-4-5-15(11-17)19(22)23-3/h4-11,13H,12H2,1-3H3,(H,20,21). The van der Waals surface area contributed by atoms with Crippen LogP contribution in [0.3, 0.4) is 0 Å². The lowest BCUT2D eigenvalue weighted by atomic mass is 10.0. The Labute approximate surface area is 141 Å². The largest absolute Gasteiger partial charge is 0.484 e. The van der Waals surface area contributed by atoms with Gasteiger partial charge >= 0.3 is 5.97 Å². The molecule has 0 aliphatic carbocycles. The molecule has 0 heterocycles. The number of methoxy groups -OCH3 is 1. The summed E-state index contributed by atoms with van der Waals surface area (Å²) in [6.07, 6.45) is 0. The molecule has 0 aliphatic heterocycles. The summed E-state index contributed by atoms with van der Waals surface area (Å²) in [5.41, 5.74) is 2.31. The second-order valence-electron chi connectivity index (χ2n) is 5.63. The topological polar surface area (TPSA) is 64.6 Å². The molecule has 5 heteroatoms. The minimum absolute atomic E-state index is 0.142. The van der Waals surface area contributed by atoms with Gasteiger partial charge in [-0.25, -0.2) is 4.79 Å². The number of rotatable bonds is 6. The van der Waals surface area contributed by atoms with Gasteiger partial charge in [0.2, 0.25) is 0 Å². The monoisotopic (exact) mass is 327 g/mol. The normalized spacial score (nSPS) is 10.3. The van der Waals surface area contributed by atoms with E-state index in [1.807, 2.05) is 24.3 Å². The van der Waals surface area contributed by atoms with Crippen LogP contribution in [0.2, 0.25) is 0 Å². The lowest BCUT2D eigenvalue weighted by Crippen LogP contribution is -2.20. The maximum atomic E-state index is 12.0. The summed E-state index contributed by atoms with van der Waals surface area (Å²) in [6, 6.07) is 14.2. The molecule has 2 aromatic carbocycles. The lowest BCUT2D eigenvalue weighted by molar-refractivity contribution is -0.118. The van der Waals surface area contributed by atoms with Gasteiger partial charge in [0.15, 0.2) is 6.61 Å². The third-order valence-corrected chi connectivity index (χ3v) is 3.49. The average Bonchev–Trinajstić information content (AvgIpc) is 2.60. The highest BCUT2D eigenvalue weighted by Gasteiger charge is 2.08. The summed E-state index contributed by atoms with van der Waals surface area (Å²) in [4.78, 5) is 23.4. The first-order chi connectivity index (χ1) is 11.5. The molecule has 2 aromatic rings. The zero-order valence-electron chi connectivity index (χ0n) is 14.0. The van der Waals surface area contributed by atoms with Crippen LogP contribution in [0.25, 0.3) is 0 Å². The Morgan fingerprint density at radius 3 is 2.42 bits per heavy atom. The van der Waals surface area contributed by atoms with Crippen molar-refractivity contribution in [2.75, 3.05) is 19.0 Å². The average molecular weight is 327 g/mol. The van der Waals surface area contributed by atoms with Gasteiger partial charge in [-0.3, -0.25) is 4.79 Å². The van der Waals surface area contributed by atoms with Gasteiger partial charge in [0.25, 0.3) is 5.91 Å². The highest BCUT2D eigenvalue weighted by molar-refractivity contribution is 5.92.